The van der Waals surface area contributed by atoms with Gasteiger partial charge in [-0.1, -0.05) is 12.1 Å². The van der Waals surface area contributed by atoms with Crippen molar-refractivity contribution in [2.24, 2.45) is 4.99 Å². The molecule has 0 unspecified atom stereocenters. The Morgan fingerprint density at radius 1 is 1.12 bits per heavy atom. The maximum Gasteiger partial charge on any atom is 0.264 e. The van der Waals surface area contributed by atoms with Gasteiger partial charge in [0.1, 0.15) is 22.9 Å². The number of carbonyl (C=O) groups excluding carboxylic acids is 1. The van der Waals surface area contributed by atoms with Crippen molar-refractivity contribution in [1.82, 2.24) is 5.32 Å². The second-order valence-corrected chi connectivity index (χ2v) is 6.14. The Morgan fingerprint density at radius 2 is 1.88 bits per heavy atom. The Bertz CT molecular complexity index is 860. The molecule has 1 fully saturated rings. The topological polar surface area (TPSA) is 80.2 Å². The molecule has 1 saturated heterocycles. The van der Waals surface area contributed by atoms with E-state index in [-0.39, 0.29) is 11.7 Å². The number of nitrogens with one attached hydrogen (secondary N) is 1. The predicted octanol–water partition coefficient (Wildman–Crippen LogP) is 3.30. The molecule has 0 spiro atoms. The Kier molecular flexibility index (Phi) is 4.95. The Balaban J connectivity index is 1.85. The van der Waals surface area contributed by atoms with E-state index in [0.717, 1.165) is 5.56 Å². The Labute approximate surface area is 149 Å². The van der Waals surface area contributed by atoms with Gasteiger partial charge in [0.15, 0.2) is 5.17 Å². The van der Waals surface area contributed by atoms with E-state index in [2.05, 4.69) is 10.3 Å². The number of hydrogen-bond donors (Lipinski definition) is 2. The highest BCUT2D eigenvalue weighted by Gasteiger charge is 2.24. The molecular weight excluding hydrogens is 340 g/mol. The average Bonchev–Trinajstić information content (AvgIpc) is 2.96. The van der Waals surface area contributed by atoms with E-state index in [1.165, 1.54) is 11.8 Å². The number of carbonyl (C=O) groups is 1. The summed E-state index contributed by atoms with van der Waals surface area (Å²) in [5.41, 5.74) is 1.41. The first-order chi connectivity index (χ1) is 12.1. The van der Waals surface area contributed by atoms with Crippen molar-refractivity contribution in [1.29, 1.82) is 0 Å². The van der Waals surface area contributed by atoms with Gasteiger partial charge in [-0.25, -0.2) is 4.99 Å². The number of benzene rings is 2. The summed E-state index contributed by atoms with van der Waals surface area (Å²) in [6.45, 7) is 0. The molecule has 6 nitrogen and oxygen atoms in total. The van der Waals surface area contributed by atoms with Crippen molar-refractivity contribution in [2.75, 3.05) is 14.2 Å². The zero-order valence-electron chi connectivity index (χ0n) is 13.6. The van der Waals surface area contributed by atoms with Crippen LogP contribution in [0.3, 0.4) is 0 Å². The number of phenolic OH excluding ortho intramolecular Hbond substituents is 1. The molecule has 2 aromatic rings. The molecule has 0 aromatic heterocycles. The van der Waals surface area contributed by atoms with Crippen molar-refractivity contribution in [2.45, 2.75) is 0 Å². The largest absolute Gasteiger partial charge is 0.508 e. The van der Waals surface area contributed by atoms with Gasteiger partial charge in [-0.05, 0) is 47.7 Å². The smallest absolute Gasteiger partial charge is 0.264 e. The monoisotopic (exact) mass is 356 g/mol. The molecule has 0 aliphatic carbocycles. The third kappa shape index (κ3) is 3.95. The predicted molar refractivity (Wildman–Crippen MR) is 98.5 cm³/mol. The molecule has 0 radical (unpaired) electrons. The summed E-state index contributed by atoms with van der Waals surface area (Å²) >= 11 is 1.24. The van der Waals surface area contributed by atoms with Crippen LogP contribution in [-0.4, -0.2) is 30.4 Å². The summed E-state index contributed by atoms with van der Waals surface area (Å²) in [5.74, 6) is 1.18. The average molecular weight is 356 g/mol. The van der Waals surface area contributed by atoms with Gasteiger partial charge in [0, 0.05) is 6.07 Å². The fourth-order valence-electron chi connectivity index (χ4n) is 2.19. The zero-order valence-corrected chi connectivity index (χ0v) is 14.5. The molecule has 7 heteroatoms. The summed E-state index contributed by atoms with van der Waals surface area (Å²) in [7, 11) is 3.13. The number of hydrogen-bond acceptors (Lipinski definition) is 6. The van der Waals surface area contributed by atoms with Gasteiger partial charge in [0.2, 0.25) is 0 Å². The molecule has 0 atom stereocenters. The van der Waals surface area contributed by atoms with Crippen LogP contribution >= 0.6 is 11.8 Å². The van der Waals surface area contributed by atoms with E-state index >= 15 is 0 Å². The number of amidine groups is 1. The standard InChI is InChI=1S/C18H16N2O4S/c1-23-13-7-8-14(15(10-13)24-2)19-18-20-17(22)16(25-18)9-11-3-5-12(21)6-4-11/h3-10,21H,1-2H3,(H,19,20,22). The fourth-order valence-corrected chi connectivity index (χ4v) is 3.02. The molecule has 3 rings (SSSR count). The van der Waals surface area contributed by atoms with Crippen molar-refractivity contribution in [3.8, 4) is 17.2 Å². The molecule has 1 aliphatic rings. The van der Waals surface area contributed by atoms with Crippen LogP contribution in [0.5, 0.6) is 17.2 Å². The first kappa shape index (κ1) is 16.9. The van der Waals surface area contributed by atoms with Gasteiger partial charge in [-0.2, -0.15) is 0 Å². The highest BCUT2D eigenvalue weighted by molar-refractivity contribution is 8.18. The van der Waals surface area contributed by atoms with Crippen LogP contribution in [0.1, 0.15) is 5.56 Å². The number of rotatable bonds is 4. The van der Waals surface area contributed by atoms with E-state index in [4.69, 9.17) is 9.47 Å². The molecular formula is C18H16N2O4S. The second kappa shape index (κ2) is 7.31. The van der Waals surface area contributed by atoms with E-state index in [1.54, 1.807) is 62.8 Å². The number of aliphatic imine (C=N–C) groups is 1. The lowest BCUT2D eigenvalue weighted by molar-refractivity contribution is -0.115. The van der Waals surface area contributed by atoms with E-state index in [1.807, 2.05) is 0 Å². The fraction of sp³-hybridized carbons (Fsp3) is 0.111. The van der Waals surface area contributed by atoms with Gasteiger partial charge >= 0.3 is 0 Å². The van der Waals surface area contributed by atoms with Gasteiger partial charge in [-0.15, -0.1) is 0 Å². The number of methoxy groups -OCH3 is 2. The molecule has 0 saturated carbocycles. The Hall–Kier alpha value is -2.93. The minimum atomic E-state index is -0.218. The lowest BCUT2D eigenvalue weighted by atomic mass is 10.2. The summed E-state index contributed by atoms with van der Waals surface area (Å²) in [6.07, 6.45) is 1.74. The van der Waals surface area contributed by atoms with Gasteiger partial charge < -0.3 is 19.9 Å². The number of aromatic hydroxyl groups is 1. The van der Waals surface area contributed by atoms with Crippen LogP contribution in [-0.2, 0) is 4.79 Å². The number of nitrogens with zero attached hydrogens (tertiary/aromatic N) is 1. The molecule has 25 heavy (non-hydrogen) atoms. The summed E-state index contributed by atoms with van der Waals surface area (Å²) < 4.78 is 10.5. The van der Waals surface area contributed by atoms with E-state index in [9.17, 15) is 9.90 Å². The van der Waals surface area contributed by atoms with Gasteiger partial charge in [-0.3, -0.25) is 4.79 Å². The SMILES string of the molecule is COc1ccc(N=C2NC(=O)C(=Cc3ccc(O)cc3)S2)c(OC)c1. The lowest BCUT2D eigenvalue weighted by Gasteiger charge is -2.07. The molecule has 0 bridgehead atoms. The van der Waals surface area contributed by atoms with Crippen LogP contribution in [0.4, 0.5) is 5.69 Å². The zero-order chi connectivity index (χ0) is 17.8. The Morgan fingerprint density at radius 3 is 2.56 bits per heavy atom. The summed E-state index contributed by atoms with van der Waals surface area (Å²) in [5, 5.41) is 12.5. The molecule has 1 aliphatic heterocycles. The number of amides is 1. The number of phenols is 1. The van der Waals surface area contributed by atoms with Crippen LogP contribution in [0.15, 0.2) is 52.4 Å². The third-order valence-corrected chi connectivity index (χ3v) is 4.36. The first-order valence-corrected chi connectivity index (χ1v) is 8.21. The summed E-state index contributed by atoms with van der Waals surface area (Å²) in [4.78, 5) is 17.1. The normalized spacial score (nSPS) is 17.0. The van der Waals surface area contributed by atoms with Crippen molar-refractivity contribution in [3.05, 3.63) is 52.9 Å². The molecule has 1 heterocycles. The van der Waals surface area contributed by atoms with Crippen LogP contribution in [0, 0.1) is 0 Å². The third-order valence-electron chi connectivity index (χ3n) is 3.45. The first-order valence-electron chi connectivity index (χ1n) is 7.39. The summed E-state index contributed by atoms with van der Waals surface area (Å²) in [6, 6.07) is 11.9. The van der Waals surface area contributed by atoms with Crippen molar-refractivity contribution < 1.29 is 19.4 Å². The van der Waals surface area contributed by atoms with Crippen LogP contribution in [0.25, 0.3) is 6.08 Å². The highest BCUT2D eigenvalue weighted by atomic mass is 32.2. The molecule has 2 aromatic carbocycles. The van der Waals surface area contributed by atoms with E-state index in [0.29, 0.717) is 27.3 Å². The number of thioether (sulfide) groups is 1. The van der Waals surface area contributed by atoms with E-state index < -0.39 is 0 Å². The minimum Gasteiger partial charge on any atom is -0.508 e. The lowest BCUT2D eigenvalue weighted by Crippen LogP contribution is -2.19. The van der Waals surface area contributed by atoms with Crippen LogP contribution < -0.4 is 14.8 Å². The molecule has 128 valence electrons. The quantitative estimate of drug-likeness (QED) is 0.822. The highest BCUT2D eigenvalue weighted by Crippen LogP contribution is 2.34. The van der Waals surface area contributed by atoms with Crippen molar-refractivity contribution >= 4 is 34.6 Å². The van der Waals surface area contributed by atoms with Crippen molar-refractivity contribution in [3.63, 3.8) is 0 Å². The van der Waals surface area contributed by atoms with Gasteiger partial charge in [0.25, 0.3) is 5.91 Å². The maximum atomic E-state index is 12.1. The maximum absolute atomic E-state index is 12.1. The molecule has 1 amide bonds. The minimum absolute atomic E-state index is 0.180. The molecule has 2 N–H and O–H groups in total. The number of ether oxygens (including phenoxy) is 2. The second-order valence-electron chi connectivity index (χ2n) is 5.11. The van der Waals surface area contributed by atoms with Crippen LogP contribution in [0.2, 0.25) is 0 Å². The van der Waals surface area contributed by atoms with Gasteiger partial charge in [0.05, 0.1) is 19.1 Å².